The Morgan fingerprint density at radius 1 is 1.13 bits per heavy atom. The molecule has 1 aliphatic heterocycles. The van der Waals surface area contributed by atoms with Crippen molar-refractivity contribution in [2.24, 2.45) is 0 Å². The molecule has 0 saturated carbocycles. The lowest BCUT2D eigenvalue weighted by molar-refractivity contribution is 0.0583. The lowest BCUT2D eigenvalue weighted by atomic mass is 10.1. The molecular weight excluding hydrogens is 460 g/mol. The minimum Gasteiger partial charge on any atom is -0.490 e. The number of hydrogen-bond acceptors (Lipinski definition) is 5. The van der Waals surface area contributed by atoms with Crippen molar-refractivity contribution in [1.82, 2.24) is 19.9 Å². The number of ether oxygens (including phenoxy) is 2. The van der Waals surface area contributed by atoms with E-state index in [0.717, 1.165) is 40.2 Å². The monoisotopic (exact) mass is 484 g/mol. The zero-order chi connectivity index (χ0) is 21.8. The molecule has 0 radical (unpaired) electrons. The van der Waals surface area contributed by atoms with E-state index in [1.165, 1.54) is 0 Å². The van der Waals surface area contributed by atoms with Crippen LogP contribution in [0.4, 0.5) is 0 Å². The molecule has 8 heteroatoms. The fraction of sp³-hybridized carbons (Fsp3) is 0.348. The van der Waals surface area contributed by atoms with E-state index < -0.39 is 0 Å². The van der Waals surface area contributed by atoms with Crippen molar-refractivity contribution < 1.29 is 14.3 Å². The first-order valence-electron chi connectivity index (χ1n) is 10.4. The van der Waals surface area contributed by atoms with Crippen LogP contribution in [0, 0.1) is 6.92 Å². The molecule has 4 rings (SSSR count). The third-order valence-corrected chi connectivity index (χ3v) is 5.82. The highest BCUT2D eigenvalue weighted by molar-refractivity contribution is 9.10. The summed E-state index contributed by atoms with van der Waals surface area (Å²) in [7, 11) is 0. The predicted molar refractivity (Wildman–Crippen MR) is 121 cm³/mol. The number of para-hydroxylation sites is 2. The number of amides is 1. The average Bonchev–Trinajstić information content (AvgIpc) is 3.16. The topological polar surface area (TPSA) is 69.5 Å². The summed E-state index contributed by atoms with van der Waals surface area (Å²) < 4.78 is 14.5. The van der Waals surface area contributed by atoms with Crippen LogP contribution >= 0.6 is 15.9 Å². The van der Waals surface area contributed by atoms with Gasteiger partial charge in [-0.25, -0.2) is 4.68 Å². The number of aromatic nitrogens is 3. The standard InChI is InChI=1S/C23H25BrN4O3/c1-3-30-20-9-4-5-10-21(20)31-19-11-13-27(14-12-19)23(29)22-16(2)28(26-25-22)18-8-6-7-17(24)15-18/h4-10,15,19H,3,11-14H2,1-2H3. The molecule has 0 unspecified atom stereocenters. The number of carbonyl (C=O) groups is 1. The van der Waals surface area contributed by atoms with Gasteiger partial charge in [-0.3, -0.25) is 4.79 Å². The first-order valence-corrected chi connectivity index (χ1v) is 11.2. The number of nitrogens with zero attached hydrogens (tertiary/aromatic N) is 4. The summed E-state index contributed by atoms with van der Waals surface area (Å²) >= 11 is 3.47. The molecule has 1 saturated heterocycles. The molecule has 162 valence electrons. The van der Waals surface area contributed by atoms with E-state index in [1.807, 2.05) is 67.3 Å². The molecule has 0 N–H and O–H groups in total. The Kier molecular flexibility index (Phi) is 6.56. The second-order valence-corrected chi connectivity index (χ2v) is 8.32. The fourth-order valence-corrected chi connectivity index (χ4v) is 4.10. The third-order valence-electron chi connectivity index (χ3n) is 5.32. The van der Waals surface area contributed by atoms with Crippen LogP contribution in [0.25, 0.3) is 5.69 Å². The molecular formula is C23H25BrN4O3. The van der Waals surface area contributed by atoms with E-state index in [1.54, 1.807) is 4.68 Å². The van der Waals surface area contributed by atoms with Crippen molar-refractivity contribution in [3.05, 3.63) is 64.4 Å². The minimum atomic E-state index is -0.0908. The van der Waals surface area contributed by atoms with Crippen molar-refractivity contribution in [2.75, 3.05) is 19.7 Å². The van der Waals surface area contributed by atoms with Gasteiger partial charge in [-0.2, -0.15) is 0 Å². The van der Waals surface area contributed by atoms with Crippen molar-refractivity contribution >= 4 is 21.8 Å². The van der Waals surface area contributed by atoms with Gasteiger partial charge < -0.3 is 14.4 Å². The number of carbonyl (C=O) groups excluding carboxylic acids is 1. The van der Waals surface area contributed by atoms with Crippen molar-refractivity contribution in [2.45, 2.75) is 32.8 Å². The van der Waals surface area contributed by atoms with E-state index in [2.05, 4.69) is 26.2 Å². The maximum atomic E-state index is 13.1. The highest BCUT2D eigenvalue weighted by Gasteiger charge is 2.28. The molecule has 2 heterocycles. The van der Waals surface area contributed by atoms with E-state index >= 15 is 0 Å². The molecule has 31 heavy (non-hydrogen) atoms. The number of piperidine rings is 1. The summed E-state index contributed by atoms with van der Waals surface area (Å²) in [6.07, 6.45) is 1.56. The Labute approximate surface area is 190 Å². The third kappa shape index (κ3) is 4.74. The highest BCUT2D eigenvalue weighted by atomic mass is 79.9. The van der Waals surface area contributed by atoms with Gasteiger partial charge in [0.05, 0.1) is 18.0 Å². The van der Waals surface area contributed by atoms with E-state index in [9.17, 15) is 4.79 Å². The lowest BCUT2D eigenvalue weighted by Crippen LogP contribution is -2.42. The van der Waals surface area contributed by atoms with Crippen molar-refractivity contribution in [3.63, 3.8) is 0 Å². The number of likely N-dealkylation sites (tertiary alicyclic amines) is 1. The van der Waals surface area contributed by atoms with E-state index in [4.69, 9.17) is 9.47 Å². The molecule has 7 nitrogen and oxygen atoms in total. The van der Waals surface area contributed by atoms with E-state index in [-0.39, 0.29) is 12.0 Å². The molecule has 0 spiro atoms. The summed E-state index contributed by atoms with van der Waals surface area (Å²) in [6, 6.07) is 15.5. The number of rotatable bonds is 6. The van der Waals surface area contributed by atoms with Crippen LogP contribution in [0.2, 0.25) is 0 Å². The van der Waals surface area contributed by atoms with Crippen molar-refractivity contribution in [1.29, 1.82) is 0 Å². The van der Waals surface area contributed by atoms with Gasteiger partial charge in [0.1, 0.15) is 6.10 Å². The van der Waals surface area contributed by atoms with Crippen LogP contribution in [0.15, 0.2) is 53.0 Å². The van der Waals surface area contributed by atoms with Gasteiger partial charge in [0.2, 0.25) is 0 Å². The summed E-state index contributed by atoms with van der Waals surface area (Å²) in [5.41, 5.74) is 1.98. The SMILES string of the molecule is CCOc1ccccc1OC1CCN(C(=O)c2nnn(-c3cccc(Br)c3)c2C)CC1. The average molecular weight is 485 g/mol. The summed E-state index contributed by atoms with van der Waals surface area (Å²) in [5, 5.41) is 8.38. The number of benzene rings is 2. The van der Waals surface area contributed by atoms with Crippen molar-refractivity contribution in [3.8, 4) is 17.2 Å². The molecule has 1 aliphatic rings. The molecule has 3 aromatic rings. The van der Waals surface area contributed by atoms with Gasteiger partial charge in [0, 0.05) is 30.4 Å². The maximum Gasteiger partial charge on any atom is 0.276 e. The normalized spacial score (nSPS) is 14.5. The zero-order valence-electron chi connectivity index (χ0n) is 17.6. The van der Waals surface area contributed by atoms with Crippen LogP contribution < -0.4 is 9.47 Å². The molecule has 2 aromatic carbocycles. The van der Waals surface area contributed by atoms with Crippen LogP contribution in [0.5, 0.6) is 11.5 Å². The van der Waals surface area contributed by atoms with Gasteiger partial charge in [-0.1, -0.05) is 39.3 Å². The zero-order valence-corrected chi connectivity index (χ0v) is 19.2. The van der Waals surface area contributed by atoms with E-state index in [0.29, 0.717) is 25.4 Å². The highest BCUT2D eigenvalue weighted by Crippen LogP contribution is 2.29. The fourth-order valence-electron chi connectivity index (χ4n) is 3.71. The first kappa shape index (κ1) is 21.4. The Morgan fingerprint density at radius 3 is 2.58 bits per heavy atom. The Bertz CT molecular complexity index is 1060. The molecule has 1 fully saturated rings. The number of hydrogen-bond donors (Lipinski definition) is 0. The Morgan fingerprint density at radius 2 is 1.87 bits per heavy atom. The van der Waals surface area contributed by atoms with Crippen LogP contribution in [0.3, 0.4) is 0 Å². The van der Waals surface area contributed by atoms with Gasteiger partial charge in [0.25, 0.3) is 5.91 Å². The molecule has 1 amide bonds. The maximum absolute atomic E-state index is 13.1. The molecule has 1 aromatic heterocycles. The molecule has 0 atom stereocenters. The Hall–Kier alpha value is -2.87. The quantitative estimate of drug-likeness (QED) is 0.517. The first-order chi connectivity index (χ1) is 15.1. The van der Waals surface area contributed by atoms with Gasteiger partial charge in [-0.05, 0) is 44.2 Å². The van der Waals surface area contributed by atoms with Gasteiger partial charge in [-0.15, -0.1) is 5.10 Å². The smallest absolute Gasteiger partial charge is 0.276 e. The Balaban J connectivity index is 1.40. The summed E-state index contributed by atoms with van der Waals surface area (Å²) in [6.45, 7) is 5.64. The van der Waals surface area contributed by atoms with Gasteiger partial charge >= 0.3 is 0 Å². The summed E-state index contributed by atoms with van der Waals surface area (Å²) in [4.78, 5) is 14.9. The van der Waals surface area contributed by atoms with Crippen LogP contribution in [-0.2, 0) is 0 Å². The lowest BCUT2D eigenvalue weighted by Gasteiger charge is -2.32. The van der Waals surface area contributed by atoms with Crippen LogP contribution in [0.1, 0.15) is 35.9 Å². The van der Waals surface area contributed by atoms with Gasteiger partial charge in [0.15, 0.2) is 17.2 Å². The number of halogens is 1. The largest absolute Gasteiger partial charge is 0.490 e. The van der Waals surface area contributed by atoms with Crippen LogP contribution in [-0.4, -0.2) is 51.6 Å². The summed E-state index contributed by atoms with van der Waals surface area (Å²) in [5.74, 6) is 1.41. The molecule has 0 bridgehead atoms. The predicted octanol–water partition coefficient (Wildman–Crippen LogP) is 4.42. The minimum absolute atomic E-state index is 0.0455. The molecule has 0 aliphatic carbocycles. The second kappa shape index (κ2) is 9.51. The second-order valence-electron chi connectivity index (χ2n) is 7.40.